The fourth-order valence-electron chi connectivity index (χ4n) is 3.29. The van der Waals surface area contributed by atoms with Crippen LogP contribution in [-0.2, 0) is 4.79 Å². The number of carbonyl (C=O) groups excluding carboxylic acids is 1. The molecule has 2 rings (SSSR count). The fraction of sp³-hybridized carbons (Fsp3) is 0.923. The Morgan fingerprint density at radius 3 is 1.44 bits per heavy atom. The molecule has 0 aromatic heterocycles. The first-order valence-electron chi connectivity index (χ1n) is 6.87. The van der Waals surface area contributed by atoms with Crippen molar-refractivity contribution in [3.05, 3.63) is 0 Å². The quantitative estimate of drug-likeness (QED) is 0.534. The van der Waals surface area contributed by atoms with Gasteiger partial charge in [-0.15, -0.1) is 0 Å². The van der Waals surface area contributed by atoms with Crippen molar-refractivity contribution in [2.75, 3.05) is 39.4 Å². The van der Waals surface area contributed by atoms with Gasteiger partial charge in [0.05, 0.1) is 24.0 Å². The van der Waals surface area contributed by atoms with E-state index >= 15 is 0 Å². The van der Waals surface area contributed by atoms with Gasteiger partial charge < -0.3 is 20.8 Å². The van der Waals surface area contributed by atoms with Gasteiger partial charge in [0.25, 0.3) is 0 Å². The van der Waals surface area contributed by atoms with Gasteiger partial charge in [0.1, 0.15) is 5.78 Å². The molecule has 2 fully saturated rings. The van der Waals surface area contributed by atoms with Gasteiger partial charge in [-0.1, -0.05) is 0 Å². The Hall–Kier alpha value is -0.490. The van der Waals surface area contributed by atoms with Crippen molar-refractivity contribution < 1.29 is 15.0 Å². The van der Waals surface area contributed by atoms with Gasteiger partial charge in [0.2, 0.25) is 0 Å². The number of Topliss-reactive ketones (excluding diaryl/α,β-unsaturated/α-hetero) is 1. The minimum absolute atomic E-state index is 0.0861. The first kappa shape index (κ1) is 13.9. The van der Waals surface area contributed by atoms with Gasteiger partial charge >= 0.3 is 0 Å². The molecule has 0 spiro atoms. The van der Waals surface area contributed by atoms with E-state index in [1.165, 1.54) is 0 Å². The molecule has 5 nitrogen and oxygen atoms in total. The van der Waals surface area contributed by atoms with Crippen LogP contribution in [0.5, 0.6) is 0 Å². The predicted octanol–water partition coefficient (Wildman–Crippen LogP) is -0.720. The molecule has 0 atom stereocenters. The Morgan fingerprint density at radius 2 is 1.17 bits per heavy atom. The van der Waals surface area contributed by atoms with Crippen LogP contribution in [-0.4, -0.2) is 55.4 Å². The Bertz CT molecular complexity index is 267. The zero-order chi connectivity index (χ0) is 13.1. The average Bonchev–Trinajstić information content (AvgIpc) is 2.48. The molecule has 0 unspecified atom stereocenters. The number of rotatable bonds is 4. The maximum atomic E-state index is 12.9. The zero-order valence-electron chi connectivity index (χ0n) is 10.9. The fourth-order valence-corrected chi connectivity index (χ4v) is 3.29. The number of piperidine rings is 2. The van der Waals surface area contributed by atoms with E-state index in [1.54, 1.807) is 0 Å². The zero-order valence-corrected chi connectivity index (χ0v) is 10.9. The van der Waals surface area contributed by atoms with Crippen molar-refractivity contribution >= 4 is 5.78 Å². The number of aliphatic hydroxyl groups is 2. The highest BCUT2D eigenvalue weighted by molar-refractivity contribution is 5.91. The summed E-state index contributed by atoms with van der Waals surface area (Å²) >= 11 is 0. The van der Waals surface area contributed by atoms with Crippen LogP contribution in [0.15, 0.2) is 0 Å². The van der Waals surface area contributed by atoms with Crippen molar-refractivity contribution in [1.82, 2.24) is 10.6 Å². The van der Waals surface area contributed by atoms with E-state index in [1.807, 2.05) is 0 Å². The van der Waals surface area contributed by atoms with Crippen LogP contribution in [0.1, 0.15) is 25.7 Å². The summed E-state index contributed by atoms with van der Waals surface area (Å²) in [6.07, 6.45) is 2.71. The maximum absolute atomic E-state index is 12.9. The molecule has 0 amide bonds. The molecule has 5 heteroatoms. The summed E-state index contributed by atoms with van der Waals surface area (Å²) in [6.45, 7) is 2.89. The summed E-state index contributed by atoms with van der Waals surface area (Å²) in [5.41, 5.74) is -1.27. The van der Waals surface area contributed by atoms with E-state index in [2.05, 4.69) is 10.6 Å². The van der Waals surface area contributed by atoms with Crippen molar-refractivity contribution in [2.45, 2.75) is 25.7 Å². The van der Waals surface area contributed by atoms with Gasteiger partial charge in [-0.25, -0.2) is 0 Å². The van der Waals surface area contributed by atoms with Crippen LogP contribution in [0.3, 0.4) is 0 Å². The second kappa shape index (κ2) is 5.65. The van der Waals surface area contributed by atoms with Gasteiger partial charge in [-0.2, -0.15) is 0 Å². The number of aliphatic hydroxyl groups excluding tert-OH is 2. The largest absolute Gasteiger partial charge is 0.395 e. The first-order valence-corrected chi connectivity index (χ1v) is 6.87. The van der Waals surface area contributed by atoms with Gasteiger partial charge in [-0.3, -0.25) is 4.79 Å². The van der Waals surface area contributed by atoms with Crippen LogP contribution in [0.4, 0.5) is 0 Å². The Morgan fingerprint density at radius 1 is 0.833 bits per heavy atom. The summed E-state index contributed by atoms with van der Waals surface area (Å²) < 4.78 is 0. The van der Waals surface area contributed by atoms with Crippen molar-refractivity contribution in [1.29, 1.82) is 0 Å². The Labute approximate surface area is 108 Å². The van der Waals surface area contributed by atoms with Crippen molar-refractivity contribution in [3.8, 4) is 0 Å². The third-order valence-electron chi connectivity index (χ3n) is 4.69. The van der Waals surface area contributed by atoms with Crippen LogP contribution >= 0.6 is 0 Å². The molecule has 0 aromatic carbocycles. The molecule has 18 heavy (non-hydrogen) atoms. The lowest BCUT2D eigenvalue weighted by atomic mass is 9.63. The third-order valence-corrected chi connectivity index (χ3v) is 4.69. The Balaban J connectivity index is 2.20. The van der Waals surface area contributed by atoms with E-state index in [9.17, 15) is 15.0 Å². The number of ketones is 1. The van der Waals surface area contributed by atoms with Gasteiger partial charge in [0, 0.05) is 0 Å². The summed E-state index contributed by atoms with van der Waals surface area (Å²) in [6, 6.07) is 0. The molecular weight excluding hydrogens is 232 g/mol. The highest BCUT2D eigenvalue weighted by atomic mass is 16.3. The SMILES string of the molecule is O=C(C1(CO)CCNCC1)C1(CO)CCNCC1. The molecular formula is C13H24N2O3. The minimum atomic E-state index is -0.634. The van der Waals surface area contributed by atoms with E-state index in [0.717, 1.165) is 26.2 Å². The van der Waals surface area contributed by atoms with Crippen molar-refractivity contribution in [3.63, 3.8) is 0 Å². The maximum Gasteiger partial charge on any atom is 0.149 e. The summed E-state index contributed by atoms with van der Waals surface area (Å²) in [5.74, 6) is 0.0861. The van der Waals surface area contributed by atoms with Crippen molar-refractivity contribution in [2.24, 2.45) is 10.8 Å². The second-order valence-corrected chi connectivity index (χ2v) is 5.71. The summed E-state index contributed by atoms with van der Waals surface area (Å²) in [4.78, 5) is 12.9. The first-order chi connectivity index (χ1) is 8.69. The highest BCUT2D eigenvalue weighted by Gasteiger charge is 2.50. The monoisotopic (exact) mass is 256 g/mol. The Kier molecular flexibility index (Phi) is 4.37. The smallest absolute Gasteiger partial charge is 0.149 e. The number of carbonyl (C=O) groups is 1. The van der Waals surface area contributed by atoms with E-state index in [-0.39, 0.29) is 19.0 Å². The van der Waals surface area contributed by atoms with Crippen LogP contribution in [0.25, 0.3) is 0 Å². The molecule has 104 valence electrons. The number of hydrogen-bond donors (Lipinski definition) is 4. The molecule has 2 heterocycles. The van der Waals surface area contributed by atoms with E-state index in [0.29, 0.717) is 25.7 Å². The number of nitrogens with one attached hydrogen (secondary N) is 2. The normalized spacial score (nSPS) is 26.8. The molecule has 4 N–H and O–H groups in total. The summed E-state index contributed by atoms with van der Waals surface area (Å²) in [7, 11) is 0. The summed E-state index contributed by atoms with van der Waals surface area (Å²) in [5, 5.41) is 25.9. The topological polar surface area (TPSA) is 81.6 Å². The standard InChI is InChI=1S/C13H24N2O3/c16-9-12(1-5-14-6-2-12)11(18)13(10-17)3-7-15-8-4-13/h14-17H,1-10H2. The van der Waals surface area contributed by atoms with Gasteiger partial charge in [0.15, 0.2) is 0 Å². The van der Waals surface area contributed by atoms with Crippen LogP contribution < -0.4 is 10.6 Å². The highest BCUT2D eigenvalue weighted by Crippen LogP contribution is 2.41. The third kappa shape index (κ3) is 2.32. The lowest BCUT2D eigenvalue weighted by Crippen LogP contribution is -2.55. The molecule has 0 aromatic rings. The molecule has 0 radical (unpaired) electrons. The molecule has 0 saturated carbocycles. The van der Waals surface area contributed by atoms with E-state index in [4.69, 9.17) is 0 Å². The molecule has 2 saturated heterocycles. The minimum Gasteiger partial charge on any atom is -0.395 e. The predicted molar refractivity (Wildman–Crippen MR) is 68.3 cm³/mol. The number of hydrogen-bond acceptors (Lipinski definition) is 5. The molecule has 0 aliphatic carbocycles. The molecule has 0 bridgehead atoms. The van der Waals surface area contributed by atoms with Crippen LogP contribution in [0.2, 0.25) is 0 Å². The van der Waals surface area contributed by atoms with E-state index < -0.39 is 10.8 Å². The second-order valence-electron chi connectivity index (χ2n) is 5.71. The lowest BCUT2D eigenvalue weighted by molar-refractivity contribution is -0.148. The average molecular weight is 256 g/mol. The lowest BCUT2D eigenvalue weighted by Gasteiger charge is -2.44. The van der Waals surface area contributed by atoms with Gasteiger partial charge in [-0.05, 0) is 51.9 Å². The van der Waals surface area contributed by atoms with Crippen LogP contribution in [0, 0.1) is 10.8 Å². The molecule has 2 aliphatic rings. The molecule has 2 aliphatic heterocycles.